The molecule has 2 atom stereocenters. The van der Waals surface area contributed by atoms with Crippen molar-refractivity contribution in [2.45, 2.75) is 25.9 Å². The van der Waals surface area contributed by atoms with Crippen molar-refractivity contribution in [3.05, 3.63) is 0 Å². The van der Waals surface area contributed by atoms with Crippen LogP contribution in [0.1, 0.15) is 19.8 Å². The summed E-state index contributed by atoms with van der Waals surface area (Å²) in [7, 11) is 1.57. The van der Waals surface area contributed by atoms with E-state index < -0.39 is 0 Å². The number of methoxy groups -OCH3 is 1. The molecule has 5 heteroatoms. The lowest BCUT2D eigenvalue weighted by Crippen LogP contribution is -2.38. The van der Waals surface area contributed by atoms with Gasteiger partial charge in [-0.2, -0.15) is 0 Å². The van der Waals surface area contributed by atoms with Gasteiger partial charge in [-0.15, -0.1) is 12.4 Å². The summed E-state index contributed by atoms with van der Waals surface area (Å²) in [5, 5.41) is 6.19. The van der Waals surface area contributed by atoms with E-state index in [0.717, 1.165) is 32.5 Å². The van der Waals surface area contributed by atoms with Crippen molar-refractivity contribution in [1.29, 1.82) is 0 Å². The summed E-state index contributed by atoms with van der Waals surface area (Å²) in [5.41, 5.74) is 0. The van der Waals surface area contributed by atoms with Gasteiger partial charge in [0, 0.05) is 13.7 Å². The molecule has 1 heterocycles. The zero-order chi connectivity index (χ0) is 10.4. The van der Waals surface area contributed by atoms with Crippen LogP contribution >= 0.6 is 12.4 Å². The second-order valence-corrected chi connectivity index (χ2v) is 3.74. The molecule has 1 rings (SSSR count). The first-order valence-electron chi connectivity index (χ1n) is 5.29. The molecule has 0 bridgehead atoms. The highest BCUT2D eigenvalue weighted by Crippen LogP contribution is 2.05. The van der Waals surface area contributed by atoms with E-state index in [1.54, 1.807) is 7.11 Å². The van der Waals surface area contributed by atoms with E-state index in [-0.39, 0.29) is 24.4 Å². The molecule has 0 aromatic rings. The number of nitrogens with one attached hydrogen (secondary N) is 2. The van der Waals surface area contributed by atoms with Gasteiger partial charge >= 0.3 is 0 Å². The fourth-order valence-electron chi connectivity index (χ4n) is 1.71. The van der Waals surface area contributed by atoms with Crippen LogP contribution in [0, 0.1) is 5.92 Å². The van der Waals surface area contributed by atoms with Crippen LogP contribution in [0.5, 0.6) is 0 Å². The van der Waals surface area contributed by atoms with Gasteiger partial charge in [-0.1, -0.05) is 6.92 Å². The van der Waals surface area contributed by atoms with Gasteiger partial charge in [0.05, 0.1) is 0 Å². The lowest BCUT2D eigenvalue weighted by molar-refractivity contribution is -0.131. The summed E-state index contributed by atoms with van der Waals surface area (Å²) in [6.07, 6.45) is 1.60. The molecule has 2 unspecified atom stereocenters. The van der Waals surface area contributed by atoms with E-state index in [1.165, 1.54) is 0 Å². The van der Waals surface area contributed by atoms with Crippen molar-refractivity contribution in [2.24, 2.45) is 5.92 Å². The third-order valence-corrected chi connectivity index (χ3v) is 2.68. The number of carbonyl (C=O) groups is 1. The number of amides is 1. The number of halogens is 1. The van der Waals surface area contributed by atoms with Crippen LogP contribution in [0.3, 0.4) is 0 Å². The minimum atomic E-state index is -0.288. The van der Waals surface area contributed by atoms with Crippen molar-refractivity contribution in [3.8, 4) is 0 Å². The third-order valence-electron chi connectivity index (χ3n) is 2.68. The van der Waals surface area contributed by atoms with E-state index in [1.807, 2.05) is 6.92 Å². The van der Waals surface area contributed by atoms with E-state index >= 15 is 0 Å². The average Bonchev–Trinajstić information content (AvgIpc) is 2.69. The maximum Gasteiger partial charge on any atom is 0.249 e. The lowest BCUT2D eigenvalue weighted by atomic mass is 10.1. The summed E-state index contributed by atoms with van der Waals surface area (Å²) < 4.78 is 5.05. The molecule has 2 N–H and O–H groups in total. The highest BCUT2D eigenvalue weighted by atomic mass is 35.5. The van der Waals surface area contributed by atoms with Gasteiger partial charge in [-0.25, -0.2) is 0 Å². The molecule has 0 aromatic carbocycles. The van der Waals surface area contributed by atoms with Crippen LogP contribution in [-0.4, -0.2) is 38.8 Å². The number of hydrogen-bond donors (Lipinski definition) is 2. The summed E-state index contributed by atoms with van der Waals surface area (Å²) >= 11 is 0. The zero-order valence-corrected chi connectivity index (χ0v) is 10.2. The number of ether oxygens (including phenoxy) is 1. The molecule has 0 saturated carbocycles. The Balaban J connectivity index is 0.00000196. The Labute approximate surface area is 97.5 Å². The lowest BCUT2D eigenvalue weighted by Gasteiger charge is -2.15. The molecule has 0 radical (unpaired) electrons. The maximum absolute atomic E-state index is 11.5. The predicted octanol–water partition coefficient (Wildman–Crippen LogP) is 0.559. The Hall–Kier alpha value is -0.320. The van der Waals surface area contributed by atoms with Crippen LogP contribution in [0.25, 0.3) is 0 Å². The summed E-state index contributed by atoms with van der Waals surface area (Å²) in [6.45, 7) is 4.81. The zero-order valence-electron chi connectivity index (χ0n) is 9.41. The van der Waals surface area contributed by atoms with Crippen LogP contribution in [0.2, 0.25) is 0 Å². The molecule has 0 spiro atoms. The van der Waals surface area contributed by atoms with Gasteiger partial charge in [0.2, 0.25) is 5.91 Å². The molecular weight excluding hydrogens is 216 g/mol. The Morgan fingerprint density at radius 1 is 1.67 bits per heavy atom. The first-order valence-corrected chi connectivity index (χ1v) is 5.29. The van der Waals surface area contributed by atoms with Gasteiger partial charge < -0.3 is 15.4 Å². The summed E-state index contributed by atoms with van der Waals surface area (Å²) in [4.78, 5) is 11.5. The second-order valence-electron chi connectivity index (χ2n) is 3.74. The topological polar surface area (TPSA) is 50.4 Å². The fourth-order valence-corrected chi connectivity index (χ4v) is 1.71. The molecule has 0 aliphatic carbocycles. The minimum absolute atomic E-state index is 0. The first kappa shape index (κ1) is 14.7. The molecule has 4 nitrogen and oxygen atoms in total. The number of hydrogen-bond acceptors (Lipinski definition) is 3. The van der Waals surface area contributed by atoms with Gasteiger partial charge in [-0.3, -0.25) is 4.79 Å². The SMILES string of the molecule is CCC(OC)C(=O)NCC1CCNC1.Cl. The number of carbonyl (C=O) groups excluding carboxylic acids is 1. The van der Waals surface area contributed by atoms with Gasteiger partial charge in [-0.05, 0) is 31.8 Å². The molecule has 0 aromatic heterocycles. The Kier molecular flexibility index (Phi) is 7.74. The van der Waals surface area contributed by atoms with Crippen molar-refractivity contribution < 1.29 is 9.53 Å². The van der Waals surface area contributed by atoms with E-state index in [4.69, 9.17) is 4.74 Å². The summed E-state index contributed by atoms with van der Waals surface area (Å²) in [5.74, 6) is 0.607. The third kappa shape index (κ3) is 4.82. The largest absolute Gasteiger partial charge is 0.372 e. The Morgan fingerprint density at radius 3 is 2.87 bits per heavy atom. The van der Waals surface area contributed by atoms with Crippen LogP contribution in [0.15, 0.2) is 0 Å². The van der Waals surface area contributed by atoms with Crippen LogP contribution < -0.4 is 10.6 Å². The van der Waals surface area contributed by atoms with Crippen LogP contribution in [0.4, 0.5) is 0 Å². The van der Waals surface area contributed by atoms with E-state index in [9.17, 15) is 4.79 Å². The maximum atomic E-state index is 11.5. The molecule has 1 aliphatic heterocycles. The highest BCUT2D eigenvalue weighted by molar-refractivity contribution is 5.85. The standard InChI is InChI=1S/C10H20N2O2.ClH/c1-3-9(14-2)10(13)12-7-8-4-5-11-6-8;/h8-9,11H,3-7H2,1-2H3,(H,12,13);1H. The molecule has 1 fully saturated rings. The van der Waals surface area contributed by atoms with Gasteiger partial charge in [0.1, 0.15) is 6.10 Å². The second kappa shape index (κ2) is 7.91. The quantitative estimate of drug-likeness (QED) is 0.734. The number of rotatable bonds is 5. The van der Waals surface area contributed by atoms with Gasteiger partial charge in [0.15, 0.2) is 0 Å². The van der Waals surface area contributed by atoms with Gasteiger partial charge in [0.25, 0.3) is 0 Å². The Bertz CT molecular complexity index is 180. The van der Waals surface area contributed by atoms with E-state index in [0.29, 0.717) is 5.92 Å². The highest BCUT2D eigenvalue weighted by Gasteiger charge is 2.18. The molecule has 1 aliphatic rings. The van der Waals surface area contributed by atoms with Crippen molar-refractivity contribution in [3.63, 3.8) is 0 Å². The summed E-state index contributed by atoms with van der Waals surface area (Å²) in [6, 6.07) is 0. The van der Waals surface area contributed by atoms with Crippen molar-refractivity contribution >= 4 is 18.3 Å². The fraction of sp³-hybridized carbons (Fsp3) is 0.900. The van der Waals surface area contributed by atoms with Crippen LogP contribution in [-0.2, 0) is 9.53 Å². The molecule has 90 valence electrons. The molecular formula is C10H21ClN2O2. The average molecular weight is 237 g/mol. The molecule has 15 heavy (non-hydrogen) atoms. The first-order chi connectivity index (χ1) is 6.77. The monoisotopic (exact) mass is 236 g/mol. The van der Waals surface area contributed by atoms with Crippen molar-refractivity contribution in [1.82, 2.24) is 10.6 Å². The Morgan fingerprint density at radius 2 is 2.40 bits per heavy atom. The van der Waals surface area contributed by atoms with Crippen molar-refractivity contribution in [2.75, 3.05) is 26.7 Å². The normalized spacial score (nSPS) is 21.9. The predicted molar refractivity (Wildman–Crippen MR) is 62.3 cm³/mol. The smallest absolute Gasteiger partial charge is 0.249 e. The van der Waals surface area contributed by atoms with E-state index in [2.05, 4.69) is 10.6 Å². The minimum Gasteiger partial charge on any atom is -0.372 e. The molecule has 1 saturated heterocycles. The molecule has 1 amide bonds.